The average Bonchev–Trinajstić information content (AvgIpc) is 2.29. The number of hydrogen-bond donors (Lipinski definition) is 2. The number of hydrogen-bond acceptors (Lipinski definition) is 3. The molecule has 0 fully saturated rings. The monoisotopic (exact) mass is 239 g/mol. The van der Waals surface area contributed by atoms with Gasteiger partial charge in [0.15, 0.2) is 0 Å². The van der Waals surface area contributed by atoms with E-state index in [-0.39, 0.29) is 5.92 Å². The number of aliphatic hydroxyl groups is 1. The van der Waals surface area contributed by atoms with Crippen LogP contribution in [0.15, 0.2) is 29.2 Å². The van der Waals surface area contributed by atoms with E-state index in [1.807, 2.05) is 30.5 Å². The zero-order valence-corrected chi connectivity index (χ0v) is 11.0. The molecule has 0 heterocycles. The molecule has 0 aliphatic rings. The van der Waals surface area contributed by atoms with Crippen molar-refractivity contribution in [3.05, 3.63) is 29.8 Å². The Balaban J connectivity index is 2.98. The van der Waals surface area contributed by atoms with E-state index in [1.54, 1.807) is 11.8 Å². The van der Waals surface area contributed by atoms with E-state index in [9.17, 15) is 5.11 Å². The van der Waals surface area contributed by atoms with Crippen LogP contribution in [0.1, 0.15) is 25.5 Å². The van der Waals surface area contributed by atoms with Crippen LogP contribution in [0.2, 0.25) is 0 Å². The molecule has 2 unspecified atom stereocenters. The van der Waals surface area contributed by atoms with Gasteiger partial charge in [-0.2, -0.15) is 0 Å². The fourth-order valence-corrected chi connectivity index (χ4v) is 2.55. The molecule has 2 nitrogen and oxygen atoms in total. The normalized spacial score (nSPS) is 15.1. The van der Waals surface area contributed by atoms with Crippen LogP contribution in [0.25, 0.3) is 0 Å². The molecule has 0 aromatic heterocycles. The Kier molecular flexibility index (Phi) is 5.32. The summed E-state index contributed by atoms with van der Waals surface area (Å²) in [5.74, 6) is 0.503. The maximum Gasteiger partial charge on any atom is 0.0843 e. The Morgan fingerprint density at radius 1 is 1.31 bits per heavy atom. The first-order valence-electron chi connectivity index (χ1n) is 5.62. The van der Waals surface area contributed by atoms with Crippen LogP contribution >= 0.6 is 11.8 Å². The van der Waals surface area contributed by atoms with Crippen LogP contribution in [-0.4, -0.2) is 17.9 Å². The van der Waals surface area contributed by atoms with Crippen LogP contribution in [0.4, 0.5) is 0 Å². The van der Waals surface area contributed by atoms with Crippen LogP contribution in [0.3, 0.4) is 0 Å². The second-order valence-electron chi connectivity index (χ2n) is 4.33. The zero-order valence-electron chi connectivity index (χ0n) is 10.2. The molecule has 0 radical (unpaired) electrons. The van der Waals surface area contributed by atoms with Crippen molar-refractivity contribution in [2.45, 2.75) is 24.8 Å². The molecule has 3 N–H and O–H groups in total. The molecule has 0 saturated carbocycles. The van der Waals surface area contributed by atoms with E-state index in [4.69, 9.17) is 5.73 Å². The van der Waals surface area contributed by atoms with Gasteiger partial charge in [0.25, 0.3) is 0 Å². The minimum Gasteiger partial charge on any atom is -0.388 e. The summed E-state index contributed by atoms with van der Waals surface area (Å²) in [6.07, 6.45) is 1.56. The molecule has 90 valence electrons. The quantitative estimate of drug-likeness (QED) is 0.777. The van der Waals surface area contributed by atoms with Crippen molar-refractivity contribution in [3.63, 3.8) is 0 Å². The van der Waals surface area contributed by atoms with Gasteiger partial charge in [-0.3, -0.25) is 0 Å². The van der Waals surface area contributed by atoms with Crippen molar-refractivity contribution in [2.75, 3.05) is 12.8 Å². The second kappa shape index (κ2) is 6.28. The maximum atomic E-state index is 10.4. The number of aliphatic hydroxyl groups excluding tert-OH is 1. The molecule has 0 bridgehead atoms. The van der Waals surface area contributed by atoms with Crippen molar-refractivity contribution >= 4 is 11.8 Å². The summed E-state index contributed by atoms with van der Waals surface area (Å²) in [5.41, 5.74) is 6.74. The zero-order chi connectivity index (χ0) is 12.1. The SMILES string of the molecule is CSc1ccccc1C(O)C(CN)C(C)C. The van der Waals surface area contributed by atoms with Gasteiger partial charge in [0.1, 0.15) is 0 Å². The standard InChI is InChI=1S/C13H21NOS/c1-9(2)11(8-14)13(15)10-6-4-5-7-12(10)16-3/h4-7,9,11,13,15H,8,14H2,1-3H3. The van der Waals surface area contributed by atoms with Gasteiger partial charge >= 0.3 is 0 Å². The summed E-state index contributed by atoms with van der Waals surface area (Å²) in [6, 6.07) is 7.99. The van der Waals surface area contributed by atoms with Crippen molar-refractivity contribution < 1.29 is 5.11 Å². The fourth-order valence-electron chi connectivity index (χ4n) is 1.91. The Morgan fingerprint density at radius 3 is 2.44 bits per heavy atom. The summed E-state index contributed by atoms with van der Waals surface area (Å²) in [4.78, 5) is 1.13. The molecule has 0 amide bonds. The summed E-state index contributed by atoms with van der Waals surface area (Å²) < 4.78 is 0. The Bertz CT molecular complexity index is 327. The highest BCUT2D eigenvalue weighted by Crippen LogP contribution is 2.32. The number of rotatable bonds is 5. The molecule has 0 saturated heterocycles. The molecule has 16 heavy (non-hydrogen) atoms. The number of thioether (sulfide) groups is 1. The minimum atomic E-state index is -0.464. The summed E-state index contributed by atoms with van der Waals surface area (Å²) >= 11 is 1.66. The molecular weight excluding hydrogens is 218 g/mol. The van der Waals surface area contributed by atoms with E-state index in [0.717, 1.165) is 10.5 Å². The molecule has 3 heteroatoms. The third kappa shape index (κ3) is 3.00. The van der Waals surface area contributed by atoms with Crippen molar-refractivity contribution in [1.82, 2.24) is 0 Å². The lowest BCUT2D eigenvalue weighted by molar-refractivity contribution is 0.0838. The highest BCUT2D eigenvalue weighted by molar-refractivity contribution is 7.98. The molecular formula is C13H21NOS. The van der Waals surface area contributed by atoms with Crippen LogP contribution in [0.5, 0.6) is 0 Å². The molecule has 1 aromatic carbocycles. The molecule has 0 spiro atoms. The summed E-state index contributed by atoms with van der Waals surface area (Å²) in [7, 11) is 0. The highest BCUT2D eigenvalue weighted by atomic mass is 32.2. The lowest BCUT2D eigenvalue weighted by Crippen LogP contribution is -2.27. The number of benzene rings is 1. The lowest BCUT2D eigenvalue weighted by Gasteiger charge is -2.26. The van der Waals surface area contributed by atoms with Crippen molar-refractivity contribution in [3.8, 4) is 0 Å². The minimum absolute atomic E-state index is 0.119. The fraction of sp³-hybridized carbons (Fsp3) is 0.538. The lowest BCUT2D eigenvalue weighted by atomic mass is 9.86. The van der Waals surface area contributed by atoms with E-state index < -0.39 is 6.10 Å². The van der Waals surface area contributed by atoms with Gasteiger partial charge in [0, 0.05) is 10.8 Å². The third-order valence-corrected chi connectivity index (χ3v) is 3.80. The van der Waals surface area contributed by atoms with Gasteiger partial charge in [0.2, 0.25) is 0 Å². The van der Waals surface area contributed by atoms with E-state index in [2.05, 4.69) is 13.8 Å². The molecule has 1 rings (SSSR count). The van der Waals surface area contributed by atoms with Gasteiger partial charge in [-0.25, -0.2) is 0 Å². The summed E-state index contributed by atoms with van der Waals surface area (Å²) in [6.45, 7) is 4.71. The van der Waals surface area contributed by atoms with E-state index in [1.165, 1.54) is 0 Å². The maximum absolute atomic E-state index is 10.4. The largest absolute Gasteiger partial charge is 0.388 e. The predicted molar refractivity (Wildman–Crippen MR) is 70.6 cm³/mol. The molecule has 2 atom stereocenters. The Labute approximate surface area is 102 Å². The Hall–Kier alpha value is -0.510. The second-order valence-corrected chi connectivity index (χ2v) is 5.18. The van der Waals surface area contributed by atoms with Gasteiger partial charge in [-0.15, -0.1) is 11.8 Å². The topological polar surface area (TPSA) is 46.2 Å². The average molecular weight is 239 g/mol. The van der Waals surface area contributed by atoms with Gasteiger partial charge in [0.05, 0.1) is 6.10 Å². The highest BCUT2D eigenvalue weighted by Gasteiger charge is 2.24. The van der Waals surface area contributed by atoms with Gasteiger partial charge in [-0.1, -0.05) is 32.0 Å². The molecule has 0 aliphatic carbocycles. The van der Waals surface area contributed by atoms with Crippen LogP contribution in [-0.2, 0) is 0 Å². The van der Waals surface area contributed by atoms with Crippen LogP contribution in [0, 0.1) is 11.8 Å². The van der Waals surface area contributed by atoms with Gasteiger partial charge in [-0.05, 0) is 30.3 Å². The first-order valence-corrected chi connectivity index (χ1v) is 6.85. The van der Waals surface area contributed by atoms with Gasteiger partial charge < -0.3 is 10.8 Å². The molecule has 0 aliphatic heterocycles. The van der Waals surface area contributed by atoms with E-state index in [0.29, 0.717) is 12.5 Å². The Morgan fingerprint density at radius 2 is 1.94 bits per heavy atom. The van der Waals surface area contributed by atoms with E-state index >= 15 is 0 Å². The smallest absolute Gasteiger partial charge is 0.0843 e. The first-order chi connectivity index (χ1) is 7.61. The number of nitrogens with two attached hydrogens (primary N) is 1. The van der Waals surface area contributed by atoms with Crippen molar-refractivity contribution in [2.24, 2.45) is 17.6 Å². The third-order valence-electron chi connectivity index (χ3n) is 2.99. The summed E-state index contributed by atoms with van der Waals surface area (Å²) in [5, 5.41) is 10.4. The molecule has 1 aromatic rings. The van der Waals surface area contributed by atoms with Crippen LogP contribution < -0.4 is 5.73 Å². The predicted octanol–water partition coefficient (Wildman–Crippen LogP) is 2.67. The first kappa shape index (κ1) is 13.6. The van der Waals surface area contributed by atoms with Crippen molar-refractivity contribution in [1.29, 1.82) is 0 Å².